The van der Waals surface area contributed by atoms with Crippen molar-refractivity contribution in [3.63, 3.8) is 0 Å². The van der Waals surface area contributed by atoms with E-state index >= 15 is 0 Å². The highest BCUT2D eigenvalue weighted by Crippen LogP contribution is 2.36. The number of aryl methyl sites for hydroxylation is 1. The van der Waals surface area contributed by atoms with Crippen LogP contribution in [0.1, 0.15) is 32.8 Å². The SMILES string of the molecule is COc1ccc2ncc(Cl)c(CCCO[Si](C)(C)C(C)(C)C)c2n1. The summed E-state index contributed by atoms with van der Waals surface area (Å²) in [5.74, 6) is 0.574. The molecule has 0 unspecified atom stereocenters. The van der Waals surface area contributed by atoms with Crippen LogP contribution in [0.5, 0.6) is 5.88 Å². The molecule has 0 aromatic carbocycles. The van der Waals surface area contributed by atoms with Gasteiger partial charge in [0, 0.05) is 24.4 Å². The van der Waals surface area contributed by atoms with Crippen molar-refractivity contribution < 1.29 is 9.16 Å². The molecule has 0 atom stereocenters. The number of halogens is 1. The van der Waals surface area contributed by atoms with E-state index in [2.05, 4.69) is 43.8 Å². The molecule has 132 valence electrons. The first-order chi connectivity index (χ1) is 11.2. The number of rotatable bonds is 6. The number of pyridine rings is 2. The van der Waals surface area contributed by atoms with Gasteiger partial charge in [-0.15, -0.1) is 0 Å². The van der Waals surface area contributed by atoms with Crippen LogP contribution >= 0.6 is 11.6 Å². The van der Waals surface area contributed by atoms with Crippen LogP contribution in [0.2, 0.25) is 23.2 Å². The topological polar surface area (TPSA) is 44.2 Å². The average Bonchev–Trinajstić information content (AvgIpc) is 2.51. The summed E-state index contributed by atoms with van der Waals surface area (Å²) < 4.78 is 11.5. The summed E-state index contributed by atoms with van der Waals surface area (Å²) >= 11 is 6.36. The molecule has 2 aromatic rings. The maximum Gasteiger partial charge on any atom is 0.213 e. The summed E-state index contributed by atoms with van der Waals surface area (Å²) in [7, 11) is -0.0961. The van der Waals surface area contributed by atoms with Crippen molar-refractivity contribution in [1.82, 2.24) is 9.97 Å². The molecule has 24 heavy (non-hydrogen) atoms. The fourth-order valence-corrected chi connectivity index (χ4v) is 3.54. The van der Waals surface area contributed by atoms with Crippen molar-refractivity contribution in [3.8, 4) is 5.88 Å². The largest absolute Gasteiger partial charge is 0.481 e. The molecule has 0 saturated heterocycles. The Morgan fingerprint density at radius 1 is 1.21 bits per heavy atom. The molecule has 0 N–H and O–H groups in total. The van der Waals surface area contributed by atoms with Crippen LogP contribution in [0.15, 0.2) is 18.3 Å². The van der Waals surface area contributed by atoms with E-state index in [0.717, 1.165) is 36.0 Å². The number of nitrogens with zero attached hydrogens (tertiary/aromatic N) is 2. The fraction of sp³-hybridized carbons (Fsp3) is 0.556. The lowest BCUT2D eigenvalue weighted by Crippen LogP contribution is -2.41. The van der Waals surface area contributed by atoms with Gasteiger partial charge < -0.3 is 9.16 Å². The minimum Gasteiger partial charge on any atom is -0.481 e. The zero-order valence-electron chi connectivity index (χ0n) is 15.4. The number of methoxy groups -OCH3 is 1. The van der Waals surface area contributed by atoms with E-state index in [1.54, 1.807) is 13.3 Å². The van der Waals surface area contributed by atoms with E-state index in [-0.39, 0.29) is 5.04 Å². The number of ether oxygens (including phenoxy) is 1. The molecule has 2 heterocycles. The first-order valence-corrected chi connectivity index (χ1v) is 11.6. The molecule has 0 fully saturated rings. The smallest absolute Gasteiger partial charge is 0.213 e. The summed E-state index contributed by atoms with van der Waals surface area (Å²) in [5, 5.41) is 0.874. The second-order valence-corrected chi connectivity index (χ2v) is 12.7. The third-order valence-electron chi connectivity index (χ3n) is 4.79. The Bertz CT molecular complexity index is 714. The summed E-state index contributed by atoms with van der Waals surface area (Å²) in [4.78, 5) is 8.86. The summed E-state index contributed by atoms with van der Waals surface area (Å²) in [5.41, 5.74) is 2.66. The zero-order chi connectivity index (χ0) is 18.0. The highest BCUT2D eigenvalue weighted by atomic mass is 35.5. The van der Waals surface area contributed by atoms with Crippen LogP contribution in [-0.2, 0) is 10.8 Å². The third-order valence-corrected chi connectivity index (χ3v) is 9.65. The molecule has 0 saturated carbocycles. The summed E-state index contributed by atoms with van der Waals surface area (Å²) in [6, 6.07) is 3.72. The molecular weight excluding hydrogens is 340 g/mol. The van der Waals surface area contributed by atoms with E-state index in [9.17, 15) is 0 Å². The maximum absolute atomic E-state index is 6.36. The molecule has 0 aliphatic rings. The third kappa shape index (κ3) is 4.26. The molecule has 0 radical (unpaired) electrons. The van der Waals surface area contributed by atoms with Crippen molar-refractivity contribution in [2.24, 2.45) is 0 Å². The number of aromatic nitrogens is 2. The van der Waals surface area contributed by atoms with Crippen LogP contribution < -0.4 is 4.74 Å². The van der Waals surface area contributed by atoms with Gasteiger partial charge in [0.2, 0.25) is 5.88 Å². The first-order valence-electron chi connectivity index (χ1n) is 8.28. The van der Waals surface area contributed by atoms with Gasteiger partial charge in [0.15, 0.2) is 8.32 Å². The van der Waals surface area contributed by atoms with Gasteiger partial charge in [0.05, 0.1) is 23.2 Å². The number of fused-ring (bicyclic) bond motifs is 1. The molecule has 0 bridgehead atoms. The maximum atomic E-state index is 6.36. The Kier molecular flexibility index (Phi) is 5.89. The molecule has 2 aromatic heterocycles. The second kappa shape index (κ2) is 7.38. The summed E-state index contributed by atoms with van der Waals surface area (Å²) in [6.45, 7) is 12.0. The minimum atomic E-state index is -1.71. The molecule has 0 aliphatic heterocycles. The Balaban J connectivity index is 2.11. The number of hydrogen-bond donors (Lipinski definition) is 0. The van der Waals surface area contributed by atoms with Crippen molar-refractivity contribution >= 4 is 31.0 Å². The van der Waals surface area contributed by atoms with E-state index in [1.807, 2.05) is 12.1 Å². The van der Waals surface area contributed by atoms with Gasteiger partial charge in [0.1, 0.15) is 0 Å². The molecule has 0 aliphatic carbocycles. The van der Waals surface area contributed by atoms with Crippen molar-refractivity contribution in [2.45, 2.75) is 51.7 Å². The van der Waals surface area contributed by atoms with Gasteiger partial charge in [-0.25, -0.2) is 4.98 Å². The average molecular weight is 367 g/mol. The molecule has 4 nitrogen and oxygen atoms in total. The van der Waals surface area contributed by atoms with Crippen LogP contribution in [0.25, 0.3) is 11.0 Å². The minimum absolute atomic E-state index is 0.225. The fourth-order valence-electron chi connectivity index (χ4n) is 2.22. The van der Waals surface area contributed by atoms with Crippen LogP contribution in [0, 0.1) is 0 Å². The monoisotopic (exact) mass is 366 g/mol. The quantitative estimate of drug-likeness (QED) is 0.517. The first kappa shape index (κ1) is 19.2. The highest BCUT2D eigenvalue weighted by molar-refractivity contribution is 6.74. The van der Waals surface area contributed by atoms with E-state index in [4.69, 9.17) is 20.8 Å². The highest BCUT2D eigenvalue weighted by Gasteiger charge is 2.36. The van der Waals surface area contributed by atoms with Crippen LogP contribution in [0.4, 0.5) is 0 Å². The molecular formula is C18H27ClN2O2Si. The molecule has 2 rings (SSSR count). The Morgan fingerprint density at radius 3 is 2.54 bits per heavy atom. The normalized spacial score (nSPS) is 12.6. The predicted molar refractivity (Wildman–Crippen MR) is 103 cm³/mol. The van der Waals surface area contributed by atoms with Crippen molar-refractivity contribution in [2.75, 3.05) is 13.7 Å². The van der Waals surface area contributed by atoms with Gasteiger partial charge in [-0.2, -0.15) is 0 Å². The molecule has 0 amide bonds. The lowest BCUT2D eigenvalue weighted by atomic mass is 10.1. The standard InChI is InChI=1S/C18H27ClN2O2Si/c1-18(2,3)24(5,6)23-11-7-8-13-14(19)12-20-15-9-10-16(22-4)21-17(13)15/h9-10,12H,7-8,11H2,1-6H3. The van der Waals surface area contributed by atoms with E-state index in [1.165, 1.54) is 0 Å². The Morgan fingerprint density at radius 2 is 1.92 bits per heavy atom. The lowest BCUT2D eigenvalue weighted by Gasteiger charge is -2.36. The van der Waals surface area contributed by atoms with Gasteiger partial charge in [-0.05, 0) is 37.0 Å². The Hall–Kier alpha value is -1.17. The predicted octanol–water partition coefficient (Wildman–Crippen LogP) is 5.25. The van der Waals surface area contributed by atoms with Crippen molar-refractivity contribution in [1.29, 1.82) is 0 Å². The Labute approximate surface area is 150 Å². The van der Waals surface area contributed by atoms with Gasteiger partial charge in [-0.1, -0.05) is 32.4 Å². The molecule has 0 spiro atoms. The van der Waals surface area contributed by atoms with Gasteiger partial charge in [-0.3, -0.25) is 4.98 Å². The molecule has 6 heteroatoms. The van der Waals surface area contributed by atoms with E-state index < -0.39 is 8.32 Å². The summed E-state index contributed by atoms with van der Waals surface area (Å²) in [6.07, 6.45) is 3.42. The van der Waals surface area contributed by atoms with Crippen molar-refractivity contribution in [3.05, 3.63) is 28.9 Å². The lowest BCUT2D eigenvalue weighted by molar-refractivity contribution is 0.282. The van der Waals surface area contributed by atoms with Gasteiger partial charge >= 0.3 is 0 Å². The van der Waals surface area contributed by atoms with Crippen LogP contribution in [0.3, 0.4) is 0 Å². The van der Waals surface area contributed by atoms with Gasteiger partial charge in [0.25, 0.3) is 0 Å². The zero-order valence-corrected chi connectivity index (χ0v) is 17.2. The second-order valence-electron chi connectivity index (χ2n) is 7.52. The van der Waals surface area contributed by atoms with Crippen LogP contribution in [-0.4, -0.2) is 32.0 Å². The number of hydrogen-bond acceptors (Lipinski definition) is 4. The van der Waals surface area contributed by atoms with E-state index in [0.29, 0.717) is 10.9 Å².